The fraction of sp³-hybridized carbons (Fsp3) is 0.259. The van der Waals surface area contributed by atoms with E-state index in [1.54, 1.807) is 7.11 Å². The molecule has 170 valence electrons. The molecule has 3 nitrogen and oxygen atoms in total. The number of nitrogens with one attached hydrogen (secondary N) is 1. The molecule has 33 heavy (non-hydrogen) atoms. The maximum absolute atomic E-state index is 6.39. The molecule has 0 aromatic heterocycles. The quantitative estimate of drug-likeness (QED) is 0.327. The van der Waals surface area contributed by atoms with Crippen LogP contribution in [0.5, 0.6) is 11.5 Å². The van der Waals surface area contributed by atoms with Gasteiger partial charge in [-0.25, -0.2) is 0 Å². The summed E-state index contributed by atoms with van der Waals surface area (Å²) < 4.78 is 12.7. The second kappa shape index (κ2) is 9.25. The molecule has 0 radical (unpaired) electrons. The van der Waals surface area contributed by atoms with E-state index in [4.69, 9.17) is 32.7 Å². The highest BCUT2D eigenvalue weighted by Crippen LogP contribution is 2.52. The molecule has 1 aliphatic heterocycles. The lowest BCUT2D eigenvalue weighted by molar-refractivity contribution is 0.282. The first kappa shape index (κ1) is 22.6. The molecule has 3 aromatic carbocycles. The average molecular weight is 545 g/mol. The van der Waals surface area contributed by atoms with Crippen LogP contribution in [-0.4, -0.2) is 7.11 Å². The Labute approximate surface area is 212 Å². The van der Waals surface area contributed by atoms with E-state index in [2.05, 4.69) is 58.5 Å². The van der Waals surface area contributed by atoms with Crippen molar-refractivity contribution < 1.29 is 9.47 Å². The van der Waals surface area contributed by atoms with Crippen molar-refractivity contribution in [3.05, 3.63) is 97.5 Å². The van der Waals surface area contributed by atoms with Crippen molar-refractivity contribution in [3.63, 3.8) is 0 Å². The van der Waals surface area contributed by atoms with Gasteiger partial charge >= 0.3 is 0 Å². The first-order chi connectivity index (χ1) is 16.0. The molecule has 3 atom stereocenters. The largest absolute Gasteiger partial charge is 0.493 e. The van der Waals surface area contributed by atoms with Gasteiger partial charge in [-0.05, 0) is 82.2 Å². The van der Waals surface area contributed by atoms with E-state index < -0.39 is 0 Å². The Morgan fingerprint density at radius 2 is 1.94 bits per heavy atom. The summed E-state index contributed by atoms with van der Waals surface area (Å²) in [7, 11) is 1.67. The van der Waals surface area contributed by atoms with Gasteiger partial charge in [0.15, 0.2) is 11.5 Å². The molecule has 0 amide bonds. The number of hydrogen-bond donors (Lipinski definition) is 1. The summed E-state index contributed by atoms with van der Waals surface area (Å²) in [6.07, 6.45) is 5.61. The summed E-state index contributed by atoms with van der Waals surface area (Å²) in [5.74, 6) is 2.10. The molecule has 1 aliphatic carbocycles. The van der Waals surface area contributed by atoms with Crippen molar-refractivity contribution >= 4 is 44.8 Å². The van der Waals surface area contributed by atoms with E-state index >= 15 is 0 Å². The number of rotatable bonds is 5. The average Bonchev–Trinajstić information content (AvgIpc) is 3.29. The van der Waals surface area contributed by atoms with Crippen molar-refractivity contribution in [3.8, 4) is 11.5 Å². The fourth-order valence-corrected chi connectivity index (χ4v) is 6.04. The molecule has 2 aliphatic rings. The number of methoxy groups -OCH3 is 1. The monoisotopic (exact) mass is 543 g/mol. The van der Waals surface area contributed by atoms with Crippen LogP contribution in [-0.2, 0) is 6.61 Å². The second-order valence-corrected chi connectivity index (χ2v) is 10.3. The van der Waals surface area contributed by atoms with Crippen LogP contribution in [0.2, 0.25) is 10.0 Å². The SMILES string of the molecule is COc1cc([C@@H]2Nc3c(C)cc(Cl)cc3[C@@H]3C=CC[C@H]32)cc(Br)c1OCc1ccccc1Cl. The topological polar surface area (TPSA) is 30.5 Å². The van der Waals surface area contributed by atoms with Gasteiger partial charge in [0.2, 0.25) is 0 Å². The van der Waals surface area contributed by atoms with Crippen LogP contribution in [0.1, 0.15) is 40.6 Å². The summed E-state index contributed by atoms with van der Waals surface area (Å²) in [5, 5.41) is 5.28. The normalized spacial score (nSPS) is 20.7. The minimum absolute atomic E-state index is 0.139. The Kier molecular flexibility index (Phi) is 6.34. The maximum Gasteiger partial charge on any atom is 0.175 e. The van der Waals surface area contributed by atoms with E-state index in [9.17, 15) is 0 Å². The number of fused-ring (bicyclic) bond motifs is 3. The Morgan fingerprint density at radius 3 is 2.73 bits per heavy atom. The third kappa shape index (κ3) is 4.25. The second-order valence-electron chi connectivity index (χ2n) is 8.58. The van der Waals surface area contributed by atoms with Crippen molar-refractivity contribution in [1.82, 2.24) is 0 Å². The molecule has 0 saturated carbocycles. The molecular formula is C27H24BrCl2NO2. The van der Waals surface area contributed by atoms with Gasteiger partial charge < -0.3 is 14.8 Å². The molecule has 5 rings (SSSR count). The highest BCUT2D eigenvalue weighted by Gasteiger charge is 2.39. The highest BCUT2D eigenvalue weighted by atomic mass is 79.9. The van der Waals surface area contributed by atoms with Crippen LogP contribution in [0.15, 0.2) is 65.2 Å². The van der Waals surface area contributed by atoms with Crippen molar-refractivity contribution in [1.29, 1.82) is 0 Å². The van der Waals surface area contributed by atoms with E-state index in [1.165, 1.54) is 11.3 Å². The van der Waals surface area contributed by atoms with Gasteiger partial charge in [-0.2, -0.15) is 0 Å². The predicted octanol–water partition coefficient (Wildman–Crippen LogP) is 8.48. The molecule has 6 heteroatoms. The van der Waals surface area contributed by atoms with Crippen LogP contribution in [0.25, 0.3) is 0 Å². The summed E-state index contributed by atoms with van der Waals surface area (Å²) in [6, 6.07) is 16.2. The number of aryl methyl sites for hydroxylation is 1. The van der Waals surface area contributed by atoms with Gasteiger partial charge in [0, 0.05) is 27.2 Å². The first-order valence-electron chi connectivity index (χ1n) is 10.9. The number of hydrogen-bond acceptors (Lipinski definition) is 3. The van der Waals surface area contributed by atoms with E-state index in [0.717, 1.165) is 32.6 Å². The van der Waals surface area contributed by atoms with E-state index in [1.807, 2.05) is 30.3 Å². The van der Waals surface area contributed by atoms with Gasteiger partial charge in [-0.15, -0.1) is 0 Å². The summed E-state index contributed by atoms with van der Waals surface area (Å²) in [5.41, 5.74) is 5.69. The zero-order valence-electron chi connectivity index (χ0n) is 18.4. The van der Waals surface area contributed by atoms with Gasteiger partial charge in [-0.1, -0.05) is 53.6 Å². The molecule has 1 N–H and O–H groups in total. The number of allylic oxidation sites excluding steroid dienone is 2. The Hall–Kier alpha value is -2.14. The Balaban J connectivity index is 1.48. The summed E-state index contributed by atoms with van der Waals surface area (Å²) in [4.78, 5) is 0. The molecule has 3 aromatic rings. The number of ether oxygens (including phenoxy) is 2. The van der Waals surface area contributed by atoms with Crippen molar-refractivity contribution in [2.24, 2.45) is 5.92 Å². The Morgan fingerprint density at radius 1 is 1.12 bits per heavy atom. The standard InChI is InChI=1S/C27H24BrCl2NO2/c1-15-10-18(29)13-21-19-7-5-8-20(19)26(31-25(15)21)17-11-22(28)27(24(12-17)32-2)33-14-16-6-3-4-9-23(16)30/h3-7,9-13,19-20,26,31H,8,14H2,1-2H3/t19-,20-,26+/m1/s1. The molecular weight excluding hydrogens is 521 g/mol. The smallest absolute Gasteiger partial charge is 0.175 e. The molecule has 0 unspecified atom stereocenters. The highest BCUT2D eigenvalue weighted by molar-refractivity contribution is 9.10. The number of anilines is 1. The summed E-state index contributed by atoms with van der Waals surface area (Å²) >= 11 is 16.4. The van der Waals surface area contributed by atoms with Crippen LogP contribution in [0.3, 0.4) is 0 Å². The zero-order chi connectivity index (χ0) is 23.1. The van der Waals surface area contributed by atoms with Crippen LogP contribution < -0.4 is 14.8 Å². The zero-order valence-corrected chi connectivity index (χ0v) is 21.5. The van der Waals surface area contributed by atoms with Crippen LogP contribution in [0, 0.1) is 12.8 Å². The minimum Gasteiger partial charge on any atom is -0.493 e. The predicted molar refractivity (Wildman–Crippen MR) is 139 cm³/mol. The van der Waals surface area contributed by atoms with E-state index in [-0.39, 0.29) is 6.04 Å². The lowest BCUT2D eigenvalue weighted by atomic mass is 9.76. The van der Waals surface area contributed by atoms with Crippen LogP contribution >= 0.6 is 39.1 Å². The third-order valence-electron chi connectivity index (χ3n) is 6.57. The number of benzene rings is 3. The lowest BCUT2D eigenvalue weighted by Gasteiger charge is -2.38. The molecule has 1 heterocycles. The molecule has 0 spiro atoms. The van der Waals surface area contributed by atoms with Gasteiger partial charge in [0.1, 0.15) is 6.61 Å². The fourth-order valence-electron chi connectivity index (χ4n) is 5.00. The van der Waals surface area contributed by atoms with Gasteiger partial charge in [0.25, 0.3) is 0 Å². The molecule has 0 saturated heterocycles. The lowest BCUT2D eigenvalue weighted by Crippen LogP contribution is -2.29. The van der Waals surface area contributed by atoms with Crippen molar-refractivity contribution in [2.45, 2.75) is 31.9 Å². The molecule has 0 fully saturated rings. The van der Waals surface area contributed by atoms with Crippen LogP contribution in [0.4, 0.5) is 5.69 Å². The van der Waals surface area contributed by atoms with Gasteiger partial charge in [-0.3, -0.25) is 0 Å². The maximum atomic E-state index is 6.39. The minimum atomic E-state index is 0.139. The van der Waals surface area contributed by atoms with E-state index in [0.29, 0.717) is 35.0 Å². The first-order valence-corrected chi connectivity index (χ1v) is 12.5. The molecule has 0 bridgehead atoms. The Bertz CT molecular complexity index is 1240. The van der Waals surface area contributed by atoms with Crippen molar-refractivity contribution in [2.75, 3.05) is 12.4 Å². The van der Waals surface area contributed by atoms with Gasteiger partial charge in [0.05, 0.1) is 17.6 Å². The third-order valence-corrected chi connectivity index (χ3v) is 7.75. The summed E-state index contributed by atoms with van der Waals surface area (Å²) in [6.45, 7) is 2.47. The number of halogens is 3.